The zero-order valence-electron chi connectivity index (χ0n) is 14.3. The molecule has 146 valence electrons. The monoisotopic (exact) mass is 393 g/mol. The van der Waals surface area contributed by atoms with Crippen molar-refractivity contribution in [1.82, 2.24) is 0 Å². The first kappa shape index (κ1) is 18.3. The van der Waals surface area contributed by atoms with Gasteiger partial charge in [0.25, 0.3) is 0 Å². The second-order valence-electron chi connectivity index (χ2n) is 6.76. The zero-order valence-corrected chi connectivity index (χ0v) is 14.3. The molecular weight excluding hydrogens is 378 g/mol. The van der Waals surface area contributed by atoms with Crippen LogP contribution in [0.2, 0.25) is 0 Å². The summed E-state index contributed by atoms with van der Waals surface area (Å²) >= 11 is 0. The Bertz CT molecular complexity index is 953. The van der Waals surface area contributed by atoms with E-state index >= 15 is 0 Å². The van der Waals surface area contributed by atoms with Crippen LogP contribution in [0.3, 0.4) is 0 Å². The highest BCUT2D eigenvalue weighted by Crippen LogP contribution is 2.51. The molecule has 0 amide bonds. The Kier molecular flexibility index (Phi) is 4.49. The molecule has 0 radical (unpaired) electrons. The van der Waals surface area contributed by atoms with Gasteiger partial charge in [0.15, 0.2) is 0 Å². The molecule has 3 atom stereocenters. The SMILES string of the molecule is O=C(O)c1cc(F)c(C2Nc3ccc(OC(F)F)cc3[C@@H]3C=CC[C@H]23)c(F)c1. The number of carbonyl (C=O) groups is 1. The Morgan fingerprint density at radius 1 is 1.18 bits per heavy atom. The van der Waals surface area contributed by atoms with Gasteiger partial charge in [-0.3, -0.25) is 0 Å². The van der Waals surface area contributed by atoms with Gasteiger partial charge in [0, 0.05) is 17.2 Å². The lowest BCUT2D eigenvalue weighted by molar-refractivity contribution is -0.0499. The van der Waals surface area contributed by atoms with E-state index < -0.39 is 35.8 Å². The zero-order chi connectivity index (χ0) is 20.0. The lowest BCUT2D eigenvalue weighted by atomic mass is 9.76. The van der Waals surface area contributed by atoms with Crippen molar-refractivity contribution in [2.45, 2.75) is 25.0 Å². The lowest BCUT2D eigenvalue weighted by Gasteiger charge is -2.37. The van der Waals surface area contributed by atoms with Crippen LogP contribution >= 0.6 is 0 Å². The number of ether oxygens (including phenoxy) is 1. The summed E-state index contributed by atoms with van der Waals surface area (Å²) in [6.45, 7) is -2.95. The van der Waals surface area contributed by atoms with Crippen LogP contribution in [0.5, 0.6) is 5.75 Å². The van der Waals surface area contributed by atoms with Crippen LogP contribution in [-0.4, -0.2) is 17.7 Å². The standard InChI is InChI=1S/C20H15F4NO3/c21-14-6-9(19(26)27)7-15(22)17(14)18-12-3-1-2-11(12)13-8-10(28-20(23)24)4-5-16(13)25-18/h1-2,4-8,11-12,18,20,25H,3H2,(H,26,27)/t11-,12+,18?/m1/s1. The summed E-state index contributed by atoms with van der Waals surface area (Å²) in [4.78, 5) is 11.0. The highest BCUT2D eigenvalue weighted by molar-refractivity contribution is 5.87. The fraction of sp³-hybridized carbons (Fsp3) is 0.250. The highest BCUT2D eigenvalue weighted by atomic mass is 19.3. The molecule has 8 heteroatoms. The van der Waals surface area contributed by atoms with E-state index in [9.17, 15) is 22.4 Å². The van der Waals surface area contributed by atoms with Gasteiger partial charge in [-0.1, -0.05) is 12.2 Å². The summed E-state index contributed by atoms with van der Waals surface area (Å²) in [5.74, 6) is -3.79. The fourth-order valence-corrected chi connectivity index (χ4v) is 4.04. The van der Waals surface area contributed by atoms with Gasteiger partial charge < -0.3 is 15.2 Å². The molecule has 0 fully saturated rings. The van der Waals surface area contributed by atoms with Gasteiger partial charge >= 0.3 is 12.6 Å². The summed E-state index contributed by atoms with van der Waals surface area (Å²) < 4.78 is 58.7. The van der Waals surface area contributed by atoms with E-state index in [1.807, 2.05) is 12.2 Å². The van der Waals surface area contributed by atoms with Crippen molar-refractivity contribution in [1.29, 1.82) is 0 Å². The number of fused-ring (bicyclic) bond motifs is 3. The topological polar surface area (TPSA) is 58.6 Å². The Balaban J connectivity index is 1.75. The van der Waals surface area contributed by atoms with E-state index in [-0.39, 0.29) is 23.1 Å². The number of allylic oxidation sites excluding steroid dienone is 2. The van der Waals surface area contributed by atoms with Crippen molar-refractivity contribution in [3.05, 3.63) is 70.8 Å². The van der Waals surface area contributed by atoms with E-state index in [0.29, 0.717) is 17.7 Å². The number of halogens is 4. The summed E-state index contributed by atoms with van der Waals surface area (Å²) in [6.07, 6.45) is 4.29. The van der Waals surface area contributed by atoms with Crippen molar-refractivity contribution >= 4 is 11.7 Å². The quantitative estimate of drug-likeness (QED) is 0.561. The van der Waals surface area contributed by atoms with Crippen molar-refractivity contribution in [3.8, 4) is 5.75 Å². The second-order valence-corrected chi connectivity index (χ2v) is 6.76. The van der Waals surface area contributed by atoms with Gasteiger partial charge in [-0.2, -0.15) is 8.78 Å². The summed E-state index contributed by atoms with van der Waals surface area (Å²) in [6, 6.07) is 5.25. The number of nitrogens with one attached hydrogen (secondary N) is 1. The number of carboxylic acid groups (broad SMARTS) is 1. The van der Waals surface area contributed by atoms with Crippen LogP contribution in [0.15, 0.2) is 42.5 Å². The molecular formula is C20H15F4NO3. The van der Waals surface area contributed by atoms with Crippen molar-refractivity contribution in [2.75, 3.05) is 5.32 Å². The minimum atomic E-state index is -2.95. The van der Waals surface area contributed by atoms with Crippen molar-refractivity contribution < 1.29 is 32.2 Å². The Morgan fingerprint density at radius 2 is 1.89 bits per heavy atom. The molecule has 2 N–H and O–H groups in total. The van der Waals surface area contributed by atoms with Gasteiger partial charge in [-0.15, -0.1) is 0 Å². The number of benzene rings is 2. The third kappa shape index (κ3) is 3.08. The lowest BCUT2D eigenvalue weighted by Crippen LogP contribution is -2.30. The third-order valence-corrected chi connectivity index (χ3v) is 5.20. The average Bonchev–Trinajstić information content (AvgIpc) is 3.11. The van der Waals surface area contributed by atoms with Crippen molar-refractivity contribution in [2.24, 2.45) is 5.92 Å². The van der Waals surface area contributed by atoms with Crippen LogP contribution in [0.4, 0.5) is 23.2 Å². The number of carboxylic acids is 1. The first-order chi connectivity index (χ1) is 13.3. The normalized spacial score (nSPS) is 22.5. The minimum absolute atomic E-state index is 0.0104. The predicted octanol–water partition coefficient (Wildman–Crippen LogP) is 5.09. The molecule has 0 saturated carbocycles. The van der Waals surface area contributed by atoms with Crippen molar-refractivity contribution in [3.63, 3.8) is 0 Å². The molecule has 1 aliphatic carbocycles. The molecule has 0 spiro atoms. The molecule has 0 saturated heterocycles. The smallest absolute Gasteiger partial charge is 0.387 e. The minimum Gasteiger partial charge on any atom is -0.478 e. The number of hydrogen-bond acceptors (Lipinski definition) is 3. The first-order valence-electron chi connectivity index (χ1n) is 8.59. The van der Waals surface area contributed by atoms with E-state index in [1.54, 1.807) is 0 Å². The number of alkyl halides is 2. The van der Waals surface area contributed by atoms with Crippen LogP contribution in [-0.2, 0) is 0 Å². The molecule has 2 aromatic carbocycles. The Hall–Kier alpha value is -3.03. The molecule has 0 aromatic heterocycles. The Labute approximate surface area is 157 Å². The molecule has 1 unspecified atom stereocenters. The summed E-state index contributed by atoms with van der Waals surface area (Å²) in [7, 11) is 0. The van der Waals surface area contributed by atoms with Crippen LogP contribution in [0.25, 0.3) is 0 Å². The first-order valence-corrected chi connectivity index (χ1v) is 8.59. The summed E-state index contributed by atoms with van der Waals surface area (Å²) in [5.41, 5.74) is 0.559. The maximum absolute atomic E-state index is 14.6. The largest absolute Gasteiger partial charge is 0.478 e. The predicted molar refractivity (Wildman–Crippen MR) is 92.7 cm³/mol. The fourth-order valence-electron chi connectivity index (χ4n) is 4.04. The number of rotatable bonds is 4. The average molecular weight is 393 g/mol. The number of aromatic carboxylic acids is 1. The molecule has 2 aliphatic rings. The van der Waals surface area contributed by atoms with E-state index in [2.05, 4.69) is 10.1 Å². The maximum atomic E-state index is 14.6. The van der Waals surface area contributed by atoms with E-state index in [1.165, 1.54) is 18.2 Å². The van der Waals surface area contributed by atoms with Gasteiger partial charge in [0.05, 0.1) is 11.6 Å². The molecule has 4 rings (SSSR count). The van der Waals surface area contributed by atoms with Gasteiger partial charge in [0.1, 0.15) is 17.4 Å². The maximum Gasteiger partial charge on any atom is 0.387 e. The third-order valence-electron chi connectivity index (χ3n) is 5.20. The van der Waals surface area contributed by atoms with Gasteiger partial charge in [-0.25, -0.2) is 13.6 Å². The molecule has 0 bridgehead atoms. The van der Waals surface area contributed by atoms with E-state index in [4.69, 9.17) is 5.11 Å². The molecule has 1 aliphatic heterocycles. The highest BCUT2D eigenvalue weighted by Gasteiger charge is 2.40. The van der Waals surface area contributed by atoms with Crippen LogP contribution < -0.4 is 10.1 Å². The molecule has 2 aromatic rings. The molecule has 4 nitrogen and oxygen atoms in total. The molecule has 1 heterocycles. The van der Waals surface area contributed by atoms with Crippen LogP contribution in [0.1, 0.15) is 39.9 Å². The Morgan fingerprint density at radius 3 is 2.54 bits per heavy atom. The number of hydrogen-bond donors (Lipinski definition) is 2. The van der Waals surface area contributed by atoms with Gasteiger partial charge in [0.2, 0.25) is 0 Å². The number of anilines is 1. The molecule has 28 heavy (non-hydrogen) atoms. The summed E-state index contributed by atoms with van der Waals surface area (Å²) in [5, 5.41) is 12.1. The van der Waals surface area contributed by atoms with E-state index in [0.717, 1.165) is 12.1 Å². The second kappa shape index (κ2) is 6.85. The van der Waals surface area contributed by atoms with Gasteiger partial charge in [-0.05, 0) is 48.2 Å². The van der Waals surface area contributed by atoms with Crippen LogP contribution in [0, 0.1) is 17.6 Å².